The molecule has 0 aliphatic carbocycles. The molecular weight excluding hydrogens is 387 g/mol. The number of carbonyl (C=O) groups excluding carboxylic acids is 1. The van der Waals surface area contributed by atoms with Crippen molar-refractivity contribution in [3.05, 3.63) is 68.2 Å². The van der Waals surface area contributed by atoms with Gasteiger partial charge in [-0.3, -0.25) is 20.2 Å². The number of nitro benzene ring substituents is 1. The van der Waals surface area contributed by atoms with E-state index >= 15 is 0 Å². The van der Waals surface area contributed by atoms with Crippen LogP contribution >= 0.6 is 34.5 Å². The Morgan fingerprint density at radius 1 is 1.12 bits per heavy atom. The standard InChI is InChI=1S/C15H8Cl2N4O3S/c16-10-4-9(5-11(17)7-10)13(22)18-15-20-19-14(25-15)8-2-1-3-12(6-8)21(23)24/h1-7H,(H,18,20,22). The van der Waals surface area contributed by atoms with Crippen LogP contribution in [0.5, 0.6) is 0 Å². The fourth-order valence-electron chi connectivity index (χ4n) is 2.00. The highest BCUT2D eigenvalue weighted by atomic mass is 35.5. The van der Waals surface area contributed by atoms with Crippen molar-refractivity contribution >= 4 is 51.3 Å². The molecular formula is C15H8Cl2N4O3S. The first-order chi connectivity index (χ1) is 11.9. The predicted molar refractivity (Wildman–Crippen MR) is 96.4 cm³/mol. The van der Waals surface area contributed by atoms with E-state index in [0.717, 1.165) is 11.3 Å². The van der Waals surface area contributed by atoms with Crippen molar-refractivity contribution < 1.29 is 9.72 Å². The first-order valence-corrected chi connectivity index (χ1v) is 8.35. The molecule has 0 radical (unpaired) electrons. The monoisotopic (exact) mass is 394 g/mol. The molecule has 7 nitrogen and oxygen atoms in total. The highest BCUT2D eigenvalue weighted by Crippen LogP contribution is 2.29. The third kappa shape index (κ3) is 4.11. The molecule has 1 N–H and O–H groups in total. The van der Waals surface area contributed by atoms with E-state index < -0.39 is 10.8 Å². The molecule has 0 bridgehead atoms. The zero-order valence-corrected chi connectivity index (χ0v) is 14.6. The molecule has 1 amide bonds. The third-order valence-electron chi connectivity index (χ3n) is 3.07. The molecule has 0 fully saturated rings. The average Bonchev–Trinajstić information content (AvgIpc) is 3.02. The average molecular weight is 395 g/mol. The smallest absolute Gasteiger partial charge is 0.270 e. The minimum atomic E-state index is -0.490. The molecule has 0 spiro atoms. The summed E-state index contributed by atoms with van der Waals surface area (Å²) in [5, 5.41) is 22.6. The number of nitrogens with zero attached hydrogens (tertiary/aromatic N) is 3. The maximum atomic E-state index is 12.2. The van der Waals surface area contributed by atoms with Gasteiger partial charge >= 0.3 is 0 Å². The van der Waals surface area contributed by atoms with Crippen LogP contribution < -0.4 is 5.32 Å². The Hall–Kier alpha value is -2.55. The van der Waals surface area contributed by atoms with Gasteiger partial charge in [-0.1, -0.05) is 46.7 Å². The maximum absolute atomic E-state index is 12.2. The van der Waals surface area contributed by atoms with Gasteiger partial charge in [-0.15, -0.1) is 10.2 Å². The molecule has 0 atom stereocenters. The Balaban J connectivity index is 1.81. The van der Waals surface area contributed by atoms with Crippen molar-refractivity contribution in [2.45, 2.75) is 0 Å². The van der Waals surface area contributed by atoms with E-state index in [4.69, 9.17) is 23.2 Å². The number of benzene rings is 2. The van der Waals surface area contributed by atoms with Gasteiger partial charge in [-0.05, 0) is 18.2 Å². The summed E-state index contributed by atoms with van der Waals surface area (Å²) in [4.78, 5) is 22.6. The van der Waals surface area contributed by atoms with E-state index in [1.807, 2.05) is 0 Å². The van der Waals surface area contributed by atoms with Crippen LogP contribution in [0.1, 0.15) is 10.4 Å². The number of rotatable bonds is 4. The van der Waals surface area contributed by atoms with E-state index in [-0.39, 0.29) is 16.4 Å². The summed E-state index contributed by atoms with van der Waals surface area (Å²) in [6.45, 7) is 0. The lowest BCUT2D eigenvalue weighted by Crippen LogP contribution is -2.11. The summed E-state index contributed by atoms with van der Waals surface area (Å²) in [7, 11) is 0. The number of aromatic nitrogens is 2. The van der Waals surface area contributed by atoms with Gasteiger partial charge in [0.2, 0.25) is 5.13 Å². The van der Waals surface area contributed by atoms with Crippen molar-refractivity contribution in [2.75, 3.05) is 5.32 Å². The summed E-state index contributed by atoms with van der Waals surface area (Å²) in [6.07, 6.45) is 0. The number of nitrogens with one attached hydrogen (secondary N) is 1. The van der Waals surface area contributed by atoms with Crippen LogP contribution in [0.3, 0.4) is 0 Å². The molecule has 126 valence electrons. The van der Waals surface area contributed by atoms with E-state index in [0.29, 0.717) is 20.6 Å². The predicted octanol–water partition coefficient (Wildman–Crippen LogP) is 4.67. The molecule has 3 aromatic rings. The number of amides is 1. The minimum absolute atomic E-state index is 0.0492. The zero-order chi connectivity index (χ0) is 18.0. The SMILES string of the molecule is O=C(Nc1nnc(-c2cccc([N+](=O)[O-])c2)s1)c1cc(Cl)cc(Cl)c1. The van der Waals surface area contributed by atoms with Crippen LogP contribution in [0.4, 0.5) is 10.8 Å². The molecule has 25 heavy (non-hydrogen) atoms. The molecule has 10 heteroatoms. The number of non-ortho nitro benzene ring substituents is 1. The quantitative estimate of drug-likeness (QED) is 0.511. The van der Waals surface area contributed by atoms with E-state index in [1.165, 1.54) is 30.3 Å². The first-order valence-electron chi connectivity index (χ1n) is 6.78. The summed E-state index contributed by atoms with van der Waals surface area (Å²) in [6, 6.07) is 10.5. The second kappa shape index (κ2) is 7.14. The highest BCUT2D eigenvalue weighted by Gasteiger charge is 2.14. The van der Waals surface area contributed by atoms with Crippen LogP contribution in [0.25, 0.3) is 10.6 Å². The zero-order valence-electron chi connectivity index (χ0n) is 12.3. The van der Waals surface area contributed by atoms with Gasteiger partial charge in [0.1, 0.15) is 5.01 Å². The Labute approximate surface area is 155 Å². The van der Waals surface area contributed by atoms with Gasteiger partial charge < -0.3 is 0 Å². The molecule has 0 unspecified atom stereocenters. The Morgan fingerprint density at radius 3 is 2.52 bits per heavy atom. The second-order valence-electron chi connectivity index (χ2n) is 4.83. The molecule has 0 aliphatic rings. The molecule has 1 heterocycles. The largest absolute Gasteiger partial charge is 0.296 e. The number of hydrogen-bond donors (Lipinski definition) is 1. The number of halogens is 2. The number of hydrogen-bond acceptors (Lipinski definition) is 6. The summed E-state index contributed by atoms with van der Waals surface area (Å²) in [5.41, 5.74) is 0.773. The molecule has 1 aromatic heterocycles. The van der Waals surface area contributed by atoms with Gasteiger partial charge in [-0.25, -0.2) is 0 Å². The highest BCUT2D eigenvalue weighted by molar-refractivity contribution is 7.18. The Kier molecular flexibility index (Phi) is 4.93. The van der Waals surface area contributed by atoms with Crippen molar-refractivity contribution in [3.63, 3.8) is 0 Å². The van der Waals surface area contributed by atoms with Crippen LogP contribution in [0.2, 0.25) is 10.0 Å². The fraction of sp³-hybridized carbons (Fsp3) is 0. The van der Waals surface area contributed by atoms with Crippen molar-refractivity contribution in [1.82, 2.24) is 10.2 Å². The lowest BCUT2D eigenvalue weighted by atomic mass is 10.2. The topological polar surface area (TPSA) is 98.0 Å². The minimum Gasteiger partial charge on any atom is -0.296 e. The van der Waals surface area contributed by atoms with Crippen LogP contribution in [-0.2, 0) is 0 Å². The van der Waals surface area contributed by atoms with Gasteiger partial charge in [-0.2, -0.15) is 0 Å². The van der Waals surface area contributed by atoms with Gasteiger partial charge in [0.05, 0.1) is 4.92 Å². The van der Waals surface area contributed by atoms with Crippen LogP contribution in [0.15, 0.2) is 42.5 Å². The van der Waals surface area contributed by atoms with Crippen molar-refractivity contribution in [1.29, 1.82) is 0 Å². The van der Waals surface area contributed by atoms with Crippen molar-refractivity contribution in [3.8, 4) is 10.6 Å². The first kappa shape index (κ1) is 17.3. The lowest BCUT2D eigenvalue weighted by Gasteiger charge is -2.02. The molecule has 0 aliphatic heterocycles. The maximum Gasteiger partial charge on any atom is 0.270 e. The summed E-state index contributed by atoms with van der Waals surface area (Å²) >= 11 is 12.8. The second-order valence-corrected chi connectivity index (χ2v) is 6.68. The third-order valence-corrected chi connectivity index (χ3v) is 4.40. The number of carbonyl (C=O) groups is 1. The van der Waals surface area contributed by atoms with Crippen LogP contribution in [0, 0.1) is 10.1 Å². The van der Waals surface area contributed by atoms with Crippen molar-refractivity contribution in [2.24, 2.45) is 0 Å². The van der Waals surface area contributed by atoms with E-state index in [1.54, 1.807) is 12.1 Å². The van der Waals surface area contributed by atoms with Crippen LogP contribution in [-0.4, -0.2) is 21.0 Å². The number of anilines is 1. The normalized spacial score (nSPS) is 10.5. The van der Waals surface area contributed by atoms with Gasteiger partial charge in [0, 0.05) is 33.3 Å². The van der Waals surface area contributed by atoms with E-state index in [9.17, 15) is 14.9 Å². The molecule has 0 saturated heterocycles. The Bertz CT molecular complexity index is 957. The Morgan fingerprint density at radius 2 is 1.84 bits per heavy atom. The summed E-state index contributed by atoms with van der Waals surface area (Å²) in [5.74, 6) is -0.439. The number of nitro groups is 1. The van der Waals surface area contributed by atoms with Gasteiger partial charge in [0.25, 0.3) is 11.6 Å². The molecule has 0 saturated carbocycles. The summed E-state index contributed by atoms with van der Waals surface area (Å²) < 4.78 is 0. The fourth-order valence-corrected chi connectivity index (χ4v) is 3.26. The van der Waals surface area contributed by atoms with E-state index in [2.05, 4.69) is 15.5 Å². The molecule has 2 aromatic carbocycles. The molecule has 3 rings (SSSR count). The van der Waals surface area contributed by atoms with Gasteiger partial charge in [0.15, 0.2) is 0 Å². The lowest BCUT2D eigenvalue weighted by molar-refractivity contribution is -0.384.